The molecule has 2 aromatic carbocycles. The van der Waals surface area contributed by atoms with Crippen LogP contribution in [-0.2, 0) is 0 Å². The second-order valence-electron chi connectivity index (χ2n) is 7.51. The van der Waals surface area contributed by atoms with Gasteiger partial charge >= 0.3 is 0 Å². The molecule has 0 spiro atoms. The Bertz CT molecular complexity index is 1320. The zero-order chi connectivity index (χ0) is 22.2. The first-order valence-electron chi connectivity index (χ1n) is 10.0. The monoisotopic (exact) mass is 467 g/mol. The standard InChI is InChI=1S/C22H18FN5O2S2/c1-12-25-19(20(31-12)13-5-7-14(23)8-6-13)22(30)28-10-9-15(28)11-24-21(29)16-3-2-4-17-18(16)27-32-26-17/h2-8,15H,9-11H2,1H3,(H,24,29). The minimum atomic E-state index is -0.328. The number of hydrogen-bond donors (Lipinski definition) is 1. The lowest BCUT2D eigenvalue weighted by Gasteiger charge is -2.40. The summed E-state index contributed by atoms with van der Waals surface area (Å²) in [6.07, 6.45) is 0.795. The van der Waals surface area contributed by atoms with Gasteiger partial charge in [0.25, 0.3) is 11.8 Å². The Morgan fingerprint density at radius 3 is 2.75 bits per heavy atom. The molecule has 1 N–H and O–H groups in total. The van der Waals surface area contributed by atoms with E-state index in [1.54, 1.807) is 29.2 Å². The van der Waals surface area contributed by atoms with Crippen molar-refractivity contribution in [3.8, 4) is 10.4 Å². The molecule has 1 aliphatic rings. The van der Waals surface area contributed by atoms with Gasteiger partial charge in [0.15, 0.2) is 0 Å². The van der Waals surface area contributed by atoms with Crippen molar-refractivity contribution in [3.05, 3.63) is 64.5 Å². The maximum absolute atomic E-state index is 13.3. The zero-order valence-electron chi connectivity index (χ0n) is 17.0. The largest absolute Gasteiger partial charge is 0.350 e. The summed E-state index contributed by atoms with van der Waals surface area (Å²) in [6.45, 7) is 2.79. The molecule has 2 aromatic heterocycles. The molecule has 1 unspecified atom stereocenters. The lowest BCUT2D eigenvalue weighted by atomic mass is 10.0. The van der Waals surface area contributed by atoms with E-state index in [0.717, 1.165) is 33.6 Å². The topological polar surface area (TPSA) is 88.1 Å². The summed E-state index contributed by atoms with van der Waals surface area (Å²) in [4.78, 5) is 32.8. The van der Waals surface area contributed by atoms with Gasteiger partial charge in [0, 0.05) is 13.1 Å². The maximum atomic E-state index is 13.3. The summed E-state index contributed by atoms with van der Waals surface area (Å²) in [5, 5.41) is 3.69. The fourth-order valence-electron chi connectivity index (χ4n) is 3.72. The predicted molar refractivity (Wildman–Crippen MR) is 121 cm³/mol. The van der Waals surface area contributed by atoms with Gasteiger partial charge in [-0.2, -0.15) is 8.75 Å². The van der Waals surface area contributed by atoms with Crippen LogP contribution < -0.4 is 5.32 Å². The van der Waals surface area contributed by atoms with Crippen LogP contribution in [0.15, 0.2) is 42.5 Å². The average molecular weight is 468 g/mol. The highest BCUT2D eigenvalue weighted by Crippen LogP contribution is 2.33. The van der Waals surface area contributed by atoms with Crippen molar-refractivity contribution >= 4 is 45.9 Å². The number of nitrogens with zero attached hydrogens (tertiary/aromatic N) is 4. The molecule has 7 nitrogen and oxygen atoms in total. The van der Waals surface area contributed by atoms with Crippen molar-refractivity contribution in [2.75, 3.05) is 13.1 Å². The van der Waals surface area contributed by atoms with Gasteiger partial charge in [-0.15, -0.1) is 11.3 Å². The number of carbonyl (C=O) groups excluding carboxylic acids is 2. The molecule has 4 aromatic rings. The second kappa shape index (κ2) is 8.36. The van der Waals surface area contributed by atoms with Crippen LogP contribution in [0.2, 0.25) is 0 Å². The van der Waals surface area contributed by atoms with Crippen molar-refractivity contribution in [3.63, 3.8) is 0 Å². The van der Waals surface area contributed by atoms with E-state index < -0.39 is 0 Å². The van der Waals surface area contributed by atoms with Gasteiger partial charge in [-0.25, -0.2) is 9.37 Å². The third-order valence-corrected chi connectivity index (χ3v) is 7.04. The molecule has 0 saturated carbocycles. The SMILES string of the molecule is Cc1nc(C(=O)N2CCC2CNC(=O)c2cccc3nsnc23)c(-c2ccc(F)cc2)s1. The van der Waals surface area contributed by atoms with Gasteiger partial charge in [0.05, 0.1) is 33.2 Å². The van der Waals surface area contributed by atoms with Gasteiger partial charge in [-0.1, -0.05) is 18.2 Å². The molecule has 10 heteroatoms. The lowest BCUT2D eigenvalue weighted by molar-refractivity contribution is 0.0451. The predicted octanol–water partition coefficient (Wildman–Crippen LogP) is 3.91. The molecule has 0 radical (unpaired) electrons. The summed E-state index contributed by atoms with van der Waals surface area (Å²) < 4.78 is 21.7. The van der Waals surface area contributed by atoms with Gasteiger partial charge in [-0.3, -0.25) is 9.59 Å². The van der Waals surface area contributed by atoms with Crippen molar-refractivity contribution in [1.29, 1.82) is 0 Å². The number of thiazole rings is 1. The maximum Gasteiger partial charge on any atom is 0.274 e. The molecule has 162 valence electrons. The number of aromatic nitrogens is 3. The number of likely N-dealkylation sites (tertiary alicyclic amines) is 1. The molecule has 0 bridgehead atoms. The highest BCUT2D eigenvalue weighted by Gasteiger charge is 2.35. The Morgan fingerprint density at radius 1 is 1.19 bits per heavy atom. The van der Waals surface area contributed by atoms with Crippen molar-refractivity contribution in [2.24, 2.45) is 0 Å². The van der Waals surface area contributed by atoms with Crippen LogP contribution in [0.4, 0.5) is 4.39 Å². The molecule has 32 heavy (non-hydrogen) atoms. The van der Waals surface area contributed by atoms with Crippen LogP contribution in [-0.4, -0.2) is 49.6 Å². The summed E-state index contributed by atoms with van der Waals surface area (Å²) in [5.41, 5.74) is 2.88. The second-order valence-corrected chi connectivity index (χ2v) is 9.24. The van der Waals surface area contributed by atoms with E-state index >= 15 is 0 Å². The molecule has 0 aliphatic carbocycles. The number of benzene rings is 2. The summed E-state index contributed by atoms with van der Waals surface area (Å²) >= 11 is 2.48. The van der Waals surface area contributed by atoms with E-state index in [1.165, 1.54) is 23.5 Å². The summed E-state index contributed by atoms with van der Waals surface area (Å²) in [6, 6.07) is 11.3. The van der Waals surface area contributed by atoms with Gasteiger partial charge in [0.2, 0.25) is 0 Å². The van der Waals surface area contributed by atoms with E-state index in [2.05, 4.69) is 19.0 Å². The summed E-state index contributed by atoms with van der Waals surface area (Å²) in [5.74, 6) is -0.741. The molecule has 5 rings (SSSR count). The molecular formula is C22H18FN5O2S2. The van der Waals surface area contributed by atoms with Crippen molar-refractivity contribution in [2.45, 2.75) is 19.4 Å². The number of carbonyl (C=O) groups is 2. The van der Waals surface area contributed by atoms with Crippen LogP contribution in [0, 0.1) is 12.7 Å². The number of halogens is 1. The molecule has 1 saturated heterocycles. The third-order valence-electron chi connectivity index (χ3n) is 5.48. The van der Waals surface area contributed by atoms with Crippen LogP contribution in [0.25, 0.3) is 21.5 Å². The first kappa shape index (κ1) is 20.7. The normalized spacial score (nSPS) is 15.6. The highest BCUT2D eigenvalue weighted by atomic mass is 32.1. The van der Waals surface area contributed by atoms with Gasteiger partial charge in [-0.05, 0) is 43.2 Å². The number of hydrogen-bond acceptors (Lipinski definition) is 7. The number of fused-ring (bicyclic) bond motifs is 1. The molecule has 1 fully saturated rings. The number of aryl methyl sites for hydroxylation is 1. The van der Waals surface area contributed by atoms with E-state index in [0.29, 0.717) is 35.4 Å². The Labute approximate surface area is 191 Å². The zero-order valence-corrected chi connectivity index (χ0v) is 18.7. The number of nitrogens with one attached hydrogen (secondary N) is 1. The van der Waals surface area contributed by atoms with E-state index in [9.17, 15) is 14.0 Å². The number of amides is 2. The highest BCUT2D eigenvalue weighted by molar-refractivity contribution is 7.15. The van der Waals surface area contributed by atoms with Crippen LogP contribution in [0.5, 0.6) is 0 Å². The average Bonchev–Trinajstić information content (AvgIpc) is 3.40. The van der Waals surface area contributed by atoms with E-state index in [-0.39, 0.29) is 23.7 Å². The van der Waals surface area contributed by atoms with Gasteiger partial charge < -0.3 is 10.2 Å². The molecular weight excluding hydrogens is 449 g/mol. The Balaban J connectivity index is 1.30. The first-order chi connectivity index (χ1) is 15.5. The molecule has 3 heterocycles. The van der Waals surface area contributed by atoms with Crippen molar-refractivity contribution < 1.29 is 14.0 Å². The fraction of sp³-hybridized carbons (Fsp3) is 0.227. The Hall–Kier alpha value is -3.24. The third kappa shape index (κ3) is 3.76. The molecule has 1 aliphatic heterocycles. The Kier molecular flexibility index (Phi) is 5.40. The molecule has 2 amide bonds. The van der Waals surface area contributed by atoms with Crippen molar-refractivity contribution in [1.82, 2.24) is 23.9 Å². The number of rotatable bonds is 5. The molecule has 1 atom stereocenters. The minimum absolute atomic E-state index is 0.109. The minimum Gasteiger partial charge on any atom is -0.350 e. The Morgan fingerprint density at radius 2 is 2.00 bits per heavy atom. The van der Waals surface area contributed by atoms with E-state index in [4.69, 9.17) is 0 Å². The van der Waals surface area contributed by atoms with Crippen LogP contribution in [0.1, 0.15) is 32.3 Å². The van der Waals surface area contributed by atoms with Crippen LogP contribution in [0.3, 0.4) is 0 Å². The summed E-state index contributed by atoms with van der Waals surface area (Å²) in [7, 11) is 0. The van der Waals surface area contributed by atoms with Gasteiger partial charge in [0.1, 0.15) is 22.5 Å². The smallest absolute Gasteiger partial charge is 0.274 e. The van der Waals surface area contributed by atoms with Crippen LogP contribution >= 0.6 is 23.1 Å². The fourth-order valence-corrected chi connectivity index (χ4v) is 5.19. The van der Waals surface area contributed by atoms with E-state index in [1.807, 2.05) is 13.0 Å². The first-order valence-corrected chi connectivity index (χ1v) is 11.6. The lowest BCUT2D eigenvalue weighted by Crippen LogP contribution is -2.56. The quantitative estimate of drug-likeness (QED) is 0.481.